The molecule has 0 fully saturated rings. The van der Waals surface area contributed by atoms with Crippen LogP contribution in [0.3, 0.4) is 0 Å². The Hall–Kier alpha value is -0.410. The number of Topliss-reactive ketones (excluding diaryl/α,β-unsaturated/α-hetero) is 1. The van der Waals surface area contributed by atoms with Crippen molar-refractivity contribution >= 4 is 5.78 Å². The Kier molecular flexibility index (Phi) is 4.26. The molecule has 0 aliphatic heterocycles. The molecule has 3 heteroatoms. The Morgan fingerprint density at radius 1 is 1.78 bits per heavy atom. The number of ketones is 1. The standard InChI is InChI=1S/C6H13NO2/c1-3-5(7)6(8)4-9-2/h5H,3-4,7H2,1-2H3/t5-/m0/s1. The van der Waals surface area contributed by atoms with Crippen LogP contribution in [-0.4, -0.2) is 25.5 Å². The average Bonchev–Trinajstić information content (AvgIpc) is 1.87. The van der Waals surface area contributed by atoms with Gasteiger partial charge in [0, 0.05) is 7.11 Å². The molecule has 1 atom stereocenters. The van der Waals surface area contributed by atoms with Crippen molar-refractivity contribution in [2.45, 2.75) is 19.4 Å². The van der Waals surface area contributed by atoms with Crippen molar-refractivity contribution in [3.63, 3.8) is 0 Å². The van der Waals surface area contributed by atoms with Crippen molar-refractivity contribution in [3.05, 3.63) is 0 Å². The number of ether oxygens (including phenoxy) is 1. The molecule has 0 unspecified atom stereocenters. The minimum atomic E-state index is -0.343. The van der Waals surface area contributed by atoms with Crippen LogP contribution >= 0.6 is 0 Å². The molecule has 0 radical (unpaired) electrons. The third-order valence-electron chi connectivity index (χ3n) is 1.14. The Morgan fingerprint density at radius 3 is 2.67 bits per heavy atom. The molecule has 0 aliphatic carbocycles. The van der Waals surface area contributed by atoms with E-state index in [0.29, 0.717) is 6.42 Å². The Labute approximate surface area is 55.2 Å². The Bertz CT molecular complexity index is 93.1. The molecule has 0 heterocycles. The summed E-state index contributed by atoms with van der Waals surface area (Å²) in [5.41, 5.74) is 5.37. The fourth-order valence-corrected chi connectivity index (χ4v) is 0.477. The summed E-state index contributed by atoms with van der Waals surface area (Å²) in [4.78, 5) is 10.7. The number of hydrogen-bond acceptors (Lipinski definition) is 3. The predicted octanol–water partition coefficient (Wildman–Crippen LogP) is -0.0608. The molecule has 0 rings (SSSR count). The number of rotatable bonds is 4. The highest BCUT2D eigenvalue weighted by atomic mass is 16.5. The minimum absolute atomic E-state index is 0.0278. The highest BCUT2D eigenvalue weighted by molar-refractivity contribution is 5.84. The first-order chi connectivity index (χ1) is 4.22. The van der Waals surface area contributed by atoms with E-state index in [2.05, 4.69) is 4.74 Å². The van der Waals surface area contributed by atoms with Gasteiger partial charge in [-0.1, -0.05) is 6.92 Å². The van der Waals surface area contributed by atoms with Gasteiger partial charge in [-0.25, -0.2) is 0 Å². The van der Waals surface area contributed by atoms with Crippen molar-refractivity contribution in [2.24, 2.45) is 5.73 Å². The maximum Gasteiger partial charge on any atom is 0.175 e. The molecule has 0 amide bonds. The summed E-state index contributed by atoms with van der Waals surface area (Å²) >= 11 is 0. The molecule has 0 saturated carbocycles. The van der Waals surface area contributed by atoms with Gasteiger partial charge in [-0.3, -0.25) is 4.79 Å². The summed E-state index contributed by atoms with van der Waals surface area (Å²) < 4.78 is 4.60. The van der Waals surface area contributed by atoms with E-state index < -0.39 is 0 Å². The van der Waals surface area contributed by atoms with Crippen LogP contribution in [0.1, 0.15) is 13.3 Å². The molecule has 0 aromatic rings. The van der Waals surface area contributed by atoms with Gasteiger partial charge in [-0.05, 0) is 6.42 Å². The number of hydrogen-bond donors (Lipinski definition) is 1. The van der Waals surface area contributed by atoms with Crippen LogP contribution in [0, 0.1) is 0 Å². The summed E-state index contributed by atoms with van der Waals surface area (Å²) in [5, 5.41) is 0. The molecule has 0 aromatic heterocycles. The molecular formula is C6H13NO2. The fraction of sp³-hybridized carbons (Fsp3) is 0.833. The van der Waals surface area contributed by atoms with E-state index in [1.165, 1.54) is 7.11 Å². The van der Waals surface area contributed by atoms with Gasteiger partial charge in [-0.15, -0.1) is 0 Å². The van der Waals surface area contributed by atoms with Crippen LogP contribution in [0.5, 0.6) is 0 Å². The van der Waals surface area contributed by atoms with Crippen LogP contribution < -0.4 is 5.73 Å². The second-order valence-electron chi connectivity index (χ2n) is 1.91. The molecule has 54 valence electrons. The average molecular weight is 131 g/mol. The SMILES string of the molecule is CC[C@H](N)C(=O)COC. The molecule has 0 aliphatic rings. The first-order valence-electron chi connectivity index (χ1n) is 2.99. The van der Waals surface area contributed by atoms with Gasteiger partial charge in [-0.2, -0.15) is 0 Å². The molecule has 3 nitrogen and oxygen atoms in total. The topological polar surface area (TPSA) is 52.3 Å². The van der Waals surface area contributed by atoms with Crippen LogP contribution in [0.2, 0.25) is 0 Å². The van der Waals surface area contributed by atoms with Crippen LogP contribution in [0.15, 0.2) is 0 Å². The number of nitrogens with two attached hydrogens (primary N) is 1. The van der Waals surface area contributed by atoms with E-state index in [1.807, 2.05) is 6.92 Å². The largest absolute Gasteiger partial charge is 0.377 e. The maximum atomic E-state index is 10.7. The first-order valence-corrected chi connectivity index (χ1v) is 2.99. The number of methoxy groups -OCH3 is 1. The van der Waals surface area contributed by atoms with Crippen LogP contribution in [0.4, 0.5) is 0 Å². The van der Waals surface area contributed by atoms with Gasteiger partial charge in [0.05, 0.1) is 6.04 Å². The molecule has 2 N–H and O–H groups in total. The quantitative estimate of drug-likeness (QED) is 0.581. The molecular weight excluding hydrogens is 118 g/mol. The van der Waals surface area contributed by atoms with Crippen molar-refractivity contribution in [1.82, 2.24) is 0 Å². The zero-order valence-corrected chi connectivity index (χ0v) is 5.89. The van der Waals surface area contributed by atoms with E-state index >= 15 is 0 Å². The van der Waals surface area contributed by atoms with E-state index in [-0.39, 0.29) is 18.4 Å². The Balaban J connectivity index is 3.46. The lowest BCUT2D eigenvalue weighted by Crippen LogP contribution is -2.32. The summed E-state index contributed by atoms with van der Waals surface area (Å²) in [6, 6.07) is -0.343. The van der Waals surface area contributed by atoms with Crippen molar-refractivity contribution in [1.29, 1.82) is 0 Å². The van der Waals surface area contributed by atoms with Crippen LogP contribution in [-0.2, 0) is 9.53 Å². The fourth-order valence-electron chi connectivity index (χ4n) is 0.477. The maximum absolute atomic E-state index is 10.7. The van der Waals surface area contributed by atoms with E-state index in [0.717, 1.165) is 0 Å². The summed E-state index contributed by atoms with van der Waals surface area (Å²) in [5.74, 6) is -0.0278. The number of carbonyl (C=O) groups excluding carboxylic acids is 1. The first kappa shape index (κ1) is 8.59. The predicted molar refractivity (Wildman–Crippen MR) is 35.1 cm³/mol. The summed E-state index contributed by atoms with van der Waals surface area (Å²) in [7, 11) is 1.49. The molecule has 0 saturated heterocycles. The second-order valence-corrected chi connectivity index (χ2v) is 1.91. The normalized spacial score (nSPS) is 13.2. The zero-order chi connectivity index (χ0) is 7.28. The summed E-state index contributed by atoms with van der Waals surface area (Å²) in [6.45, 7) is 2.01. The lowest BCUT2D eigenvalue weighted by atomic mass is 10.1. The summed E-state index contributed by atoms with van der Waals surface area (Å²) in [6.07, 6.45) is 0.683. The smallest absolute Gasteiger partial charge is 0.175 e. The lowest BCUT2D eigenvalue weighted by Gasteiger charge is -2.04. The van der Waals surface area contributed by atoms with Gasteiger partial charge < -0.3 is 10.5 Å². The molecule has 9 heavy (non-hydrogen) atoms. The number of carbonyl (C=O) groups is 1. The van der Waals surface area contributed by atoms with Crippen molar-refractivity contribution in [2.75, 3.05) is 13.7 Å². The zero-order valence-electron chi connectivity index (χ0n) is 5.89. The monoisotopic (exact) mass is 131 g/mol. The van der Waals surface area contributed by atoms with Crippen molar-refractivity contribution < 1.29 is 9.53 Å². The third-order valence-corrected chi connectivity index (χ3v) is 1.14. The van der Waals surface area contributed by atoms with Crippen molar-refractivity contribution in [3.8, 4) is 0 Å². The minimum Gasteiger partial charge on any atom is -0.377 e. The van der Waals surface area contributed by atoms with Crippen LogP contribution in [0.25, 0.3) is 0 Å². The van der Waals surface area contributed by atoms with Gasteiger partial charge in [0.1, 0.15) is 6.61 Å². The van der Waals surface area contributed by atoms with E-state index in [1.54, 1.807) is 0 Å². The lowest BCUT2D eigenvalue weighted by molar-refractivity contribution is -0.123. The third kappa shape index (κ3) is 3.21. The van der Waals surface area contributed by atoms with Gasteiger partial charge in [0.15, 0.2) is 5.78 Å². The Morgan fingerprint density at radius 2 is 2.33 bits per heavy atom. The molecule has 0 bridgehead atoms. The van der Waals surface area contributed by atoms with Gasteiger partial charge in [0.25, 0.3) is 0 Å². The van der Waals surface area contributed by atoms with Gasteiger partial charge in [0.2, 0.25) is 0 Å². The molecule has 0 spiro atoms. The van der Waals surface area contributed by atoms with E-state index in [4.69, 9.17) is 5.73 Å². The molecule has 0 aromatic carbocycles. The van der Waals surface area contributed by atoms with Gasteiger partial charge >= 0.3 is 0 Å². The highest BCUT2D eigenvalue weighted by Crippen LogP contribution is 1.87. The second kappa shape index (κ2) is 4.47. The van der Waals surface area contributed by atoms with E-state index in [9.17, 15) is 4.79 Å². The highest BCUT2D eigenvalue weighted by Gasteiger charge is 2.08.